The quantitative estimate of drug-likeness (QED) is 0.480. The smallest absolute Gasteiger partial charge is 0.244 e. The van der Waals surface area contributed by atoms with Gasteiger partial charge in [-0.3, -0.25) is 0 Å². The SMILES string of the molecule is Cc1cc(C)cc(OCCCSc2ccc(S(=O)(=O)N3CCOCC3)cn2)c1. The summed E-state index contributed by atoms with van der Waals surface area (Å²) in [6.07, 6.45) is 2.33. The molecule has 1 aliphatic heterocycles. The minimum Gasteiger partial charge on any atom is -0.494 e. The molecular weight excluding hydrogens is 396 g/mol. The molecule has 8 heteroatoms. The Labute approximate surface area is 171 Å². The Balaban J connectivity index is 1.45. The Kier molecular flexibility index (Phi) is 7.34. The number of ether oxygens (including phenoxy) is 2. The summed E-state index contributed by atoms with van der Waals surface area (Å²) < 4.78 is 37.7. The lowest BCUT2D eigenvalue weighted by atomic mass is 10.1. The number of morpholine rings is 1. The standard InChI is InChI=1S/C20H26N2O4S2/c1-16-12-17(2)14-18(13-16)26-8-3-11-27-20-5-4-19(15-21-20)28(23,24)22-6-9-25-10-7-22/h4-5,12-15H,3,6-11H2,1-2H3. The molecule has 2 aromatic rings. The largest absolute Gasteiger partial charge is 0.494 e. The van der Waals surface area contributed by atoms with Gasteiger partial charge in [0.1, 0.15) is 10.6 Å². The number of hydrogen-bond acceptors (Lipinski definition) is 6. The lowest BCUT2D eigenvalue weighted by molar-refractivity contribution is 0.0730. The molecule has 0 radical (unpaired) electrons. The van der Waals surface area contributed by atoms with Gasteiger partial charge in [-0.1, -0.05) is 6.07 Å². The first kappa shape index (κ1) is 21.1. The minimum atomic E-state index is -3.48. The minimum absolute atomic E-state index is 0.233. The van der Waals surface area contributed by atoms with Crippen molar-refractivity contribution in [2.45, 2.75) is 30.2 Å². The molecule has 0 bridgehead atoms. The van der Waals surface area contributed by atoms with E-state index >= 15 is 0 Å². The highest BCUT2D eigenvalue weighted by Gasteiger charge is 2.26. The zero-order valence-corrected chi connectivity index (χ0v) is 17.9. The van der Waals surface area contributed by atoms with E-state index in [1.165, 1.54) is 21.6 Å². The van der Waals surface area contributed by atoms with Gasteiger partial charge in [-0.05, 0) is 55.7 Å². The summed E-state index contributed by atoms with van der Waals surface area (Å²) in [5, 5.41) is 0.812. The predicted octanol–water partition coefficient (Wildman–Crippen LogP) is 3.28. The Hall–Kier alpha value is -1.61. The van der Waals surface area contributed by atoms with Gasteiger partial charge in [0.2, 0.25) is 10.0 Å². The van der Waals surface area contributed by atoms with Gasteiger partial charge in [-0.15, -0.1) is 11.8 Å². The maximum atomic E-state index is 12.6. The molecule has 3 rings (SSSR count). The molecule has 1 aliphatic rings. The number of thioether (sulfide) groups is 1. The fourth-order valence-corrected chi connectivity index (χ4v) is 5.10. The van der Waals surface area contributed by atoms with Crippen LogP contribution >= 0.6 is 11.8 Å². The second kappa shape index (κ2) is 9.73. The highest BCUT2D eigenvalue weighted by molar-refractivity contribution is 7.99. The summed E-state index contributed by atoms with van der Waals surface area (Å²) in [5.41, 5.74) is 2.39. The van der Waals surface area contributed by atoms with Crippen LogP contribution in [-0.4, -0.2) is 56.4 Å². The van der Waals surface area contributed by atoms with Gasteiger partial charge in [-0.25, -0.2) is 13.4 Å². The summed E-state index contributed by atoms with van der Waals surface area (Å²) in [4.78, 5) is 4.54. The van der Waals surface area contributed by atoms with Crippen LogP contribution in [0.2, 0.25) is 0 Å². The second-order valence-corrected chi connectivity index (χ2v) is 9.78. The molecule has 28 heavy (non-hydrogen) atoms. The molecule has 0 N–H and O–H groups in total. The normalized spacial score (nSPS) is 15.5. The number of benzene rings is 1. The summed E-state index contributed by atoms with van der Waals surface area (Å²) >= 11 is 1.60. The van der Waals surface area contributed by atoms with Gasteiger partial charge in [0.25, 0.3) is 0 Å². The maximum absolute atomic E-state index is 12.6. The number of aryl methyl sites for hydroxylation is 2. The third-order valence-electron chi connectivity index (χ3n) is 4.32. The lowest BCUT2D eigenvalue weighted by Crippen LogP contribution is -2.40. The van der Waals surface area contributed by atoms with Crippen LogP contribution in [0.3, 0.4) is 0 Å². The fraction of sp³-hybridized carbons (Fsp3) is 0.450. The average molecular weight is 423 g/mol. The molecule has 6 nitrogen and oxygen atoms in total. The van der Waals surface area contributed by atoms with Crippen molar-refractivity contribution in [3.8, 4) is 5.75 Å². The Morgan fingerprint density at radius 3 is 2.50 bits per heavy atom. The molecule has 2 heterocycles. The number of pyridine rings is 1. The molecule has 1 fully saturated rings. The first-order chi connectivity index (χ1) is 13.4. The van der Waals surface area contributed by atoms with Gasteiger partial charge in [0, 0.05) is 25.0 Å². The van der Waals surface area contributed by atoms with E-state index in [1.807, 2.05) is 12.1 Å². The van der Waals surface area contributed by atoms with Crippen molar-refractivity contribution in [1.82, 2.24) is 9.29 Å². The molecule has 0 atom stereocenters. The number of nitrogens with zero attached hydrogens (tertiary/aromatic N) is 2. The highest BCUT2D eigenvalue weighted by Crippen LogP contribution is 2.21. The van der Waals surface area contributed by atoms with Gasteiger partial charge < -0.3 is 9.47 Å². The average Bonchev–Trinajstić information content (AvgIpc) is 2.68. The third-order valence-corrected chi connectivity index (χ3v) is 7.23. The van der Waals surface area contributed by atoms with Crippen molar-refractivity contribution < 1.29 is 17.9 Å². The second-order valence-electron chi connectivity index (χ2n) is 6.72. The van der Waals surface area contributed by atoms with E-state index < -0.39 is 10.0 Å². The van der Waals surface area contributed by atoms with Crippen LogP contribution in [0, 0.1) is 13.8 Å². The van der Waals surface area contributed by atoms with Crippen LogP contribution < -0.4 is 4.74 Å². The molecule has 152 valence electrons. The topological polar surface area (TPSA) is 68.7 Å². The van der Waals surface area contributed by atoms with Crippen LogP contribution in [0.15, 0.2) is 46.5 Å². The highest BCUT2D eigenvalue weighted by atomic mass is 32.2. The van der Waals surface area contributed by atoms with E-state index in [4.69, 9.17) is 9.47 Å². The summed E-state index contributed by atoms with van der Waals surface area (Å²) in [6, 6.07) is 9.59. The maximum Gasteiger partial charge on any atom is 0.244 e. The van der Waals surface area contributed by atoms with Crippen LogP contribution in [-0.2, 0) is 14.8 Å². The van der Waals surface area contributed by atoms with Crippen LogP contribution in [0.1, 0.15) is 17.5 Å². The summed E-state index contributed by atoms with van der Waals surface area (Å²) in [7, 11) is -3.48. The zero-order chi connectivity index (χ0) is 20.0. The molecule has 0 unspecified atom stereocenters. The zero-order valence-electron chi connectivity index (χ0n) is 16.3. The van der Waals surface area contributed by atoms with Gasteiger partial charge in [0.05, 0.1) is 24.8 Å². The molecule has 1 saturated heterocycles. The molecule has 1 aromatic carbocycles. The van der Waals surface area contributed by atoms with E-state index in [9.17, 15) is 8.42 Å². The van der Waals surface area contributed by atoms with Crippen molar-refractivity contribution in [2.75, 3.05) is 38.7 Å². The van der Waals surface area contributed by atoms with Gasteiger partial charge in [-0.2, -0.15) is 4.31 Å². The van der Waals surface area contributed by atoms with Crippen molar-refractivity contribution in [3.63, 3.8) is 0 Å². The van der Waals surface area contributed by atoms with E-state index in [-0.39, 0.29) is 4.90 Å². The summed E-state index contributed by atoms with van der Waals surface area (Å²) in [5.74, 6) is 1.76. The van der Waals surface area contributed by atoms with E-state index in [0.717, 1.165) is 22.9 Å². The van der Waals surface area contributed by atoms with Crippen LogP contribution in [0.4, 0.5) is 0 Å². The van der Waals surface area contributed by atoms with Crippen molar-refractivity contribution in [2.24, 2.45) is 0 Å². The fourth-order valence-electron chi connectivity index (χ4n) is 2.98. The monoisotopic (exact) mass is 422 g/mol. The van der Waals surface area contributed by atoms with Crippen molar-refractivity contribution >= 4 is 21.8 Å². The number of sulfonamides is 1. The molecular formula is C20H26N2O4S2. The molecule has 0 aliphatic carbocycles. The lowest BCUT2D eigenvalue weighted by Gasteiger charge is -2.25. The van der Waals surface area contributed by atoms with E-state index in [1.54, 1.807) is 23.9 Å². The molecule has 0 saturated carbocycles. The Morgan fingerprint density at radius 1 is 1.14 bits per heavy atom. The molecule has 1 aromatic heterocycles. The van der Waals surface area contributed by atoms with Gasteiger partial charge in [0.15, 0.2) is 0 Å². The van der Waals surface area contributed by atoms with Gasteiger partial charge >= 0.3 is 0 Å². The Bertz CT molecular complexity index is 859. The number of hydrogen-bond donors (Lipinski definition) is 0. The summed E-state index contributed by atoms with van der Waals surface area (Å²) in [6.45, 7) is 6.40. The first-order valence-electron chi connectivity index (χ1n) is 9.33. The number of rotatable bonds is 8. The Morgan fingerprint density at radius 2 is 1.86 bits per heavy atom. The van der Waals surface area contributed by atoms with Crippen molar-refractivity contribution in [3.05, 3.63) is 47.7 Å². The number of aromatic nitrogens is 1. The first-order valence-corrected chi connectivity index (χ1v) is 11.8. The van der Waals surface area contributed by atoms with Crippen LogP contribution in [0.5, 0.6) is 5.75 Å². The predicted molar refractivity (Wildman–Crippen MR) is 111 cm³/mol. The van der Waals surface area contributed by atoms with E-state index in [2.05, 4.69) is 24.9 Å². The van der Waals surface area contributed by atoms with Crippen LogP contribution in [0.25, 0.3) is 0 Å². The molecule has 0 spiro atoms. The molecule has 0 amide bonds. The third kappa shape index (κ3) is 5.70. The van der Waals surface area contributed by atoms with Crippen molar-refractivity contribution in [1.29, 1.82) is 0 Å². The van der Waals surface area contributed by atoms with E-state index in [0.29, 0.717) is 32.9 Å².